The molecule has 2 atom stereocenters. The van der Waals surface area contributed by atoms with E-state index < -0.39 is 12.1 Å². The van der Waals surface area contributed by atoms with Gasteiger partial charge in [0.15, 0.2) is 5.13 Å². The molecule has 0 saturated carbocycles. The van der Waals surface area contributed by atoms with Crippen LogP contribution in [0.4, 0.5) is 5.13 Å². The van der Waals surface area contributed by atoms with Gasteiger partial charge in [0.05, 0.1) is 35.4 Å². The molecular formula is C25H26Cl2N8O4S. The van der Waals surface area contributed by atoms with E-state index in [4.69, 9.17) is 32.7 Å². The molecule has 3 aromatic heterocycles. The van der Waals surface area contributed by atoms with E-state index in [2.05, 4.69) is 35.9 Å². The fourth-order valence-corrected chi connectivity index (χ4v) is 5.77. The summed E-state index contributed by atoms with van der Waals surface area (Å²) in [4.78, 5) is 35.8. The molecule has 12 nitrogen and oxygen atoms in total. The minimum Gasteiger partial charge on any atom is -0.462 e. The summed E-state index contributed by atoms with van der Waals surface area (Å²) in [5.41, 5.74) is 2.11. The van der Waals surface area contributed by atoms with Gasteiger partial charge in [0.2, 0.25) is 5.82 Å². The Bertz CT molecular complexity index is 1480. The minimum absolute atomic E-state index is 0.180. The SMILES string of the molecule is CCOC(=O)c1sc(N2CC[C@@H](NC(=O)c3[nH]c(C)c(Cl)c3Cl)[C@@H](OCc3ccccc3)C2)nc1-c1nn[nH]n1. The number of H-pyrrole nitrogens is 2. The number of carbonyl (C=O) groups is 2. The third-order valence-corrected chi connectivity index (χ3v) is 8.41. The molecule has 0 unspecified atom stereocenters. The summed E-state index contributed by atoms with van der Waals surface area (Å²) in [6.07, 6.45) is 0.133. The molecule has 1 fully saturated rings. The van der Waals surface area contributed by atoms with Gasteiger partial charge in [0, 0.05) is 18.8 Å². The first-order valence-electron chi connectivity index (χ1n) is 12.5. The molecule has 5 rings (SSSR count). The van der Waals surface area contributed by atoms with E-state index in [1.807, 2.05) is 35.2 Å². The number of carbonyl (C=O) groups excluding carboxylic acids is 2. The van der Waals surface area contributed by atoms with Gasteiger partial charge in [-0.25, -0.2) is 9.78 Å². The van der Waals surface area contributed by atoms with Gasteiger partial charge < -0.3 is 24.7 Å². The van der Waals surface area contributed by atoms with Gasteiger partial charge in [-0.2, -0.15) is 5.21 Å². The van der Waals surface area contributed by atoms with E-state index in [0.29, 0.717) is 42.0 Å². The van der Waals surface area contributed by atoms with Crippen LogP contribution in [0, 0.1) is 6.92 Å². The number of nitrogens with one attached hydrogen (secondary N) is 3. The number of thiazole rings is 1. The molecule has 1 aliphatic rings. The van der Waals surface area contributed by atoms with Crippen LogP contribution in [0.15, 0.2) is 30.3 Å². The Balaban J connectivity index is 1.39. The number of rotatable bonds is 9. The molecule has 40 heavy (non-hydrogen) atoms. The third kappa shape index (κ3) is 5.97. The number of nitrogens with zero attached hydrogens (tertiary/aromatic N) is 5. The van der Waals surface area contributed by atoms with Crippen LogP contribution in [0.1, 0.15) is 44.8 Å². The van der Waals surface area contributed by atoms with Crippen molar-refractivity contribution in [1.29, 1.82) is 0 Å². The van der Waals surface area contributed by atoms with E-state index >= 15 is 0 Å². The quantitative estimate of drug-likeness (QED) is 0.240. The molecule has 1 aromatic carbocycles. The zero-order valence-electron chi connectivity index (χ0n) is 21.6. The van der Waals surface area contributed by atoms with E-state index in [1.54, 1.807) is 13.8 Å². The second-order valence-corrected chi connectivity index (χ2v) is 10.8. The first kappa shape index (κ1) is 28.0. The predicted octanol–water partition coefficient (Wildman–Crippen LogP) is 4.04. The number of aromatic nitrogens is 6. The van der Waals surface area contributed by atoms with Crippen molar-refractivity contribution in [3.05, 3.63) is 62.2 Å². The van der Waals surface area contributed by atoms with Gasteiger partial charge in [-0.15, -0.1) is 10.2 Å². The van der Waals surface area contributed by atoms with Crippen LogP contribution in [0.5, 0.6) is 0 Å². The average molecular weight is 606 g/mol. The van der Waals surface area contributed by atoms with Gasteiger partial charge in [-0.1, -0.05) is 64.9 Å². The number of ether oxygens (including phenoxy) is 2. The number of tetrazole rings is 1. The van der Waals surface area contributed by atoms with Crippen molar-refractivity contribution in [3.8, 4) is 11.5 Å². The summed E-state index contributed by atoms with van der Waals surface area (Å²) in [6.45, 7) is 4.98. The summed E-state index contributed by atoms with van der Waals surface area (Å²) >= 11 is 13.7. The molecule has 3 N–H and O–H groups in total. The normalized spacial score (nSPS) is 17.1. The van der Waals surface area contributed by atoms with Crippen LogP contribution in [0.25, 0.3) is 11.5 Å². The predicted molar refractivity (Wildman–Crippen MR) is 150 cm³/mol. The molecule has 0 aliphatic carbocycles. The monoisotopic (exact) mass is 604 g/mol. The highest BCUT2D eigenvalue weighted by Gasteiger charge is 2.35. The number of esters is 1. The van der Waals surface area contributed by atoms with Crippen molar-refractivity contribution >= 4 is 51.5 Å². The van der Waals surface area contributed by atoms with Crippen molar-refractivity contribution in [1.82, 2.24) is 35.9 Å². The molecule has 15 heteroatoms. The number of halogens is 2. The fourth-order valence-electron chi connectivity index (χ4n) is 4.36. The number of piperidine rings is 1. The van der Waals surface area contributed by atoms with Gasteiger partial charge in [0.25, 0.3) is 5.91 Å². The van der Waals surface area contributed by atoms with Crippen LogP contribution in [-0.2, 0) is 16.1 Å². The molecule has 4 heterocycles. The van der Waals surface area contributed by atoms with Crippen LogP contribution in [-0.4, -0.2) is 74.3 Å². The maximum Gasteiger partial charge on any atom is 0.350 e. The highest BCUT2D eigenvalue weighted by atomic mass is 35.5. The maximum absolute atomic E-state index is 13.1. The Morgan fingerprint density at radius 3 is 2.70 bits per heavy atom. The molecular weight excluding hydrogens is 579 g/mol. The van der Waals surface area contributed by atoms with E-state index in [0.717, 1.165) is 5.56 Å². The summed E-state index contributed by atoms with van der Waals surface area (Å²) in [6, 6.07) is 9.44. The van der Waals surface area contributed by atoms with E-state index in [1.165, 1.54) is 11.3 Å². The number of hydrogen-bond donors (Lipinski definition) is 3. The largest absolute Gasteiger partial charge is 0.462 e. The standard InChI is InChI=1S/C25H26Cl2N8O4S/c1-3-38-24(37)21-20(22-31-33-34-32-22)30-25(40-21)35-10-9-15(16(11-35)39-12-14-7-5-4-6-8-14)29-23(36)19-18(27)17(26)13(2)28-19/h4-8,15-16,28H,3,9-12H2,1-2H3,(H,29,36)(H,31,32,33,34)/t15-,16+/m1/s1. The van der Waals surface area contributed by atoms with Crippen LogP contribution in [0.3, 0.4) is 0 Å². The van der Waals surface area contributed by atoms with Gasteiger partial charge >= 0.3 is 5.97 Å². The van der Waals surface area contributed by atoms with Gasteiger partial charge in [-0.05, 0) is 31.0 Å². The Labute approximate surface area is 243 Å². The molecule has 210 valence electrons. The van der Waals surface area contributed by atoms with E-state index in [-0.39, 0.29) is 45.7 Å². The number of aryl methyl sites for hydroxylation is 1. The van der Waals surface area contributed by atoms with Crippen LogP contribution >= 0.6 is 34.5 Å². The summed E-state index contributed by atoms with van der Waals surface area (Å²) in [5, 5.41) is 18.1. The molecule has 1 amide bonds. The molecule has 0 radical (unpaired) electrons. The second-order valence-electron chi connectivity index (χ2n) is 9.03. The lowest BCUT2D eigenvalue weighted by molar-refractivity contribution is 0.00967. The van der Waals surface area contributed by atoms with Crippen molar-refractivity contribution < 1.29 is 19.1 Å². The summed E-state index contributed by atoms with van der Waals surface area (Å²) < 4.78 is 11.6. The highest BCUT2D eigenvalue weighted by Crippen LogP contribution is 2.34. The lowest BCUT2D eigenvalue weighted by atomic mass is 10.0. The Morgan fingerprint density at radius 1 is 1.23 bits per heavy atom. The first-order chi connectivity index (χ1) is 19.4. The average Bonchev–Trinajstić information content (AvgIpc) is 3.70. The third-order valence-electron chi connectivity index (χ3n) is 6.37. The van der Waals surface area contributed by atoms with Crippen LogP contribution < -0.4 is 10.2 Å². The molecule has 4 aromatic rings. The Hall–Kier alpha value is -3.52. The number of aromatic amines is 2. The van der Waals surface area contributed by atoms with Crippen molar-refractivity contribution in [3.63, 3.8) is 0 Å². The van der Waals surface area contributed by atoms with E-state index in [9.17, 15) is 9.59 Å². The lowest BCUT2D eigenvalue weighted by Crippen LogP contribution is -2.55. The zero-order chi connectivity index (χ0) is 28.2. The number of anilines is 1. The summed E-state index contributed by atoms with van der Waals surface area (Å²) in [7, 11) is 0. The lowest BCUT2D eigenvalue weighted by Gasteiger charge is -2.38. The number of benzene rings is 1. The van der Waals surface area contributed by atoms with Crippen LogP contribution in [0.2, 0.25) is 10.0 Å². The maximum atomic E-state index is 13.1. The topological polar surface area (TPSA) is 151 Å². The Kier molecular flexibility index (Phi) is 8.64. The minimum atomic E-state index is -0.512. The van der Waals surface area contributed by atoms with Gasteiger partial charge in [-0.3, -0.25) is 4.79 Å². The summed E-state index contributed by atoms with van der Waals surface area (Å²) in [5.74, 6) is -0.687. The Morgan fingerprint density at radius 2 is 2.02 bits per heavy atom. The van der Waals surface area contributed by atoms with Gasteiger partial charge in [0.1, 0.15) is 16.3 Å². The molecule has 1 saturated heterocycles. The number of amides is 1. The van der Waals surface area contributed by atoms with Crippen molar-refractivity contribution in [2.24, 2.45) is 0 Å². The highest BCUT2D eigenvalue weighted by molar-refractivity contribution is 7.17. The molecule has 0 bridgehead atoms. The fraction of sp³-hybridized carbons (Fsp3) is 0.360. The molecule has 0 spiro atoms. The van der Waals surface area contributed by atoms with Crippen molar-refractivity contribution in [2.75, 3.05) is 24.6 Å². The molecule has 1 aliphatic heterocycles. The second kappa shape index (κ2) is 12.3. The number of hydrogen-bond acceptors (Lipinski definition) is 10. The van der Waals surface area contributed by atoms with Crippen molar-refractivity contribution in [2.45, 2.75) is 39.0 Å². The first-order valence-corrected chi connectivity index (χ1v) is 14.1. The zero-order valence-corrected chi connectivity index (χ0v) is 23.9. The smallest absolute Gasteiger partial charge is 0.350 e.